The fourth-order valence-electron chi connectivity index (χ4n) is 0.141. The van der Waals surface area contributed by atoms with E-state index in [-0.39, 0.29) is 5.54 Å². The molecular formula is C5H13NS2. The first-order valence-corrected chi connectivity index (χ1v) is 3.48. The predicted molar refractivity (Wildman–Crippen MR) is 44.2 cm³/mol. The lowest BCUT2D eigenvalue weighted by atomic mass is 10.0. The van der Waals surface area contributed by atoms with Crippen molar-refractivity contribution in [1.82, 2.24) is 3.71 Å². The molecule has 3 heteroatoms. The van der Waals surface area contributed by atoms with E-state index < -0.39 is 0 Å². The van der Waals surface area contributed by atoms with Crippen molar-refractivity contribution in [3.05, 3.63) is 0 Å². The van der Waals surface area contributed by atoms with E-state index in [0.29, 0.717) is 0 Å². The van der Waals surface area contributed by atoms with Crippen LogP contribution >= 0.6 is 25.6 Å². The summed E-state index contributed by atoms with van der Waals surface area (Å²) in [5.41, 5.74) is 0.103. The second-order valence-electron chi connectivity index (χ2n) is 2.46. The second-order valence-corrected chi connectivity index (χ2v) is 3.57. The third-order valence-corrected chi connectivity index (χ3v) is 2.49. The van der Waals surface area contributed by atoms with Gasteiger partial charge in [0.1, 0.15) is 0 Å². The average Bonchev–Trinajstić information content (AvgIpc) is 1.67. The van der Waals surface area contributed by atoms with Crippen LogP contribution in [0.2, 0.25) is 0 Å². The van der Waals surface area contributed by atoms with Gasteiger partial charge < -0.3 is 0 Å². The van der Waals surface area contributed by atoms with Gasteiger partial charge in [0.25, 0.3) is 0 Å². The summed E-state index contributed by atoms with van der Waals surface area (Å²) in [6.07, 6.45) is 1.06. The molecule has 0 aromatic heterocycles. The standard InChI is InChI=1S/C5H13NS2/c1-4-5(2,3)6(7)8/h7-8H,4H2,1-3H3. The summed E-state index contributed by atoms with van der Waals surface area (Å²) in [7, 11) is 0. The van der Waals surface area contributed by atoms with Gasteiger partial charge in [0.2, 0.25) is 0 Å². The van der Waals surface area contributed by atoms with Crippen molar-refractivity contribution in [1.29, 1.82) is 0 Å². The minimum atomic E-state index is 0.103. The van der Waals surface area contributed by atoms with Crippen LogP contribution in [-0.4, -0.2) is 9.25 Å². The highest BCUT2D eigenvalue weighted by molar-refractivity contribution is 7.93. The van der Waals surface area contributed by atoms with Crippen molar-refractivity contribution in [3.63, 3.8) is 0 Å². The van der Waals surface area contributed by atoms with Crippen molar-refractivity contribution in [3.8, 4) is 0 Å². The van der Waals surface area contributed by atoms with E-state index >= 15 is 0 Å². The summed E-state index contributed by atoms with van der Waals surface area (Å²) in [4.78, 5) is 0. The lowest BCUT2D eigenvalue weighted by Crippen LogP contribution is -2.29. The maximum Gasteiger partial charge on any atom is 0.0361 e. The van der Waals surface area contributed by atoms with Crippen LogP contribution in [0.5, 0.6) is 0 Å². The van der Waals surface area contributed by atoms with Crippen molar-refractivity contribution >= 4 is 25.6 Å². The van der Waals surface area contributed by atoms with Crippen LogP contribution < -0.4 is 0 Å². The maximum atomic E-state index is 4.06. The van der Waals surface area contributed by atoms with Crippen LogP contribution in [0.3, 0.4) is 0 Å². The van der Waals surface area contributed by atoms with E-state index in [0.717, 1.165) is 6.42 Å². The molecule has 0 aromatic carbocycles. The Morgan fingerprint density at radius 2 is 1.75 bits per heavy atom. The molecule has 0 aliphatic heterocycles. The van der Waals surface area contributed by atoms with Crippen molar-refractivity contribution in [2.45, 2.75) is 32.7 Å². The van der Waals surface area contributed by atoms with Gasteiger partial charge in [0.05, 0.1) is 0 Å². The van der Waals surface area contributed by atoms with Gasteiger partial charge in [-0.15, -0.1) is 0 Å². The van der Waals surface area contributed by atoms with Crippen LogP contribution in [0.15, 0.2) is 0 Å². The van der Waals surface area contributed by atoms with Gasteiger partial charge in [-0.25, -0.2) is 0 Å². The Balaban J connectivity index is 3.71. The number of hydrogen-bond donors (Lipinski definition) is 2. The monoisotopic (exact) mass is 151 g/mol. The van der Waals surface area contributed by atoms with Crippen LogP contribution in [0.4, 0.5) is 0 Å². The zero-order valence-electron chi connectivity index (χ0n) is 5.55. The molecule has 0 bridgehead atoms. The van der Waals surface area contributed by atoms with Gasteiger partial charge >= 0.3 is 0 Å². The Hall–Kier alpha value is 0.660. The first-order chi connectivity index (χ1) is 3.50. The molecule has 0 spiro atoms. The first-order valence-electron chi connectivity index (χ1n) is 2.68. The topological polar surface area (TPSA) is 3.24 Å². The highest BCUT2D eigenvalue weighted by Crippen LogP contribution is 2.21. The summed E-state index contributed by atoms with van der Waals surface area (Å²) < 4.78 is 1.63. The zero-order valence-corrected chi connectivity index (χ0v) is 7.34. The van der Waals surface area contributed by atoms with Gasteiger partial charge in [0.15, 0.2) is 0 Å². The van der Waals surface area contributed by atoms with E-state index in [4.69, 9.17) is 0 Å². The summed E-state index contributed by atoms with van der Waals surface area (Å²) in [6.45, 7) is 6.29. The molecule has 1 nitrogen and oxygen atoms in total. The van der Waals surface area contributed by atoms with Crippen LogP contribution in [-0.2, 0) is 0 Å². The molecule has 0 unspecified atom stereocenters. The minimum Gasteiger partial charge on any atom is -0.195 e. The van der Waals surface area contributed by atoms with Gasteiger partial charge in [-0.2, -0.15) is 3.71 Å². The lowest BCUT2D eigenvalue weighted by molar-refractivity contribution is 0.365. The van der Waals surface area contributed by atoms with Crippen molar-refractivity contribution in [2.24, 2.45) is 0 Å². The van der Waals surface area contributed by atoms with Crippen molar-refractivity contribution in [2.75, 3.05) is 0 Å². The highest BCUT2D eigenvalue weighted by Gasteiger charge is 2.18. The zero-order chi connectivity index (χ0) is 6.78. The Bertz CT molecular complexity index is 70.8. The third kappa shape index (κ3) is 2.29. The minimum absolute atomic E-state index is 0.103. The van der Waals surface area contributed by atoms with Crippen molar-refractivity contribution < 1.29 is 0 Å². The Kier molecular flexibility index (Phi) is 3.24. The van der Waals surface area contributed by atoms with E-state index in [1.165, 1.54) is 0 Å². The summed E-state index contributed by atoms with van der Waals surface area (Å²) in [5.74, 6) is 0. The molecule has 0 heterocycles. The van der Waals surface area contributed by atoms with E-state index in [2.05, 4.69) is 46.4 Å². The normalized spacial score (nSPS) is 12.8. The molecule has 0 aromatic rings. The fourth-order valence-corrected chi connectivity index (χ4v) is 0.424. The molecule has 0 atom stereocenters. The molecule has 0 fully saturated rings. The molecular weight excluding hydrogens is 138 g/mol. The van der Waals surface area contributed by atoms with E-state index in [1.807, 2.05) is 0 Å². The van der Waals surface area contributed by atoms with Gasteiger partial charge in [-0.1, -0.05) is 32.6 Å². The first kappa shape index (κ1) is 8.66. The maximum absolute atomic E-state index is 4.06. The Morgan fingerprint density at radius 1 is 1.38 bits per heavy atom. The summed E-state index contributed by atoms with van der Waals surface area (Å²) in [5, 5.41) is 0. The quantitative estimate of drug-likeness (QED) is 0.572. The fraction of sp³-hybridized carbons (Fsp3) is 1.00. The molecule has 0 N–H and O–H groups in total. The molecule has 0 saturated carbocycles. The molecule has 0 amide bonds. The molecule has 0 rings (SSSR count). The highest BCUT2D eigenvalue weighted by atomic mass is 32.2. The lowest BCUT2D eigenvalue weighted by Gasteiger charge is -2.27. The summed E-state index contributed by atoms with van der Waals surface area (Å²) >= 11 is 8.11. The number of rotatable bonds is 2. The molecule has 8 heavy (non-hydrogen) atoms. The third-order valence-electron chi connectivity index (χ3n) is 1.41. The van der Waals surface area contributed by atoms with E-state index in [1.54, 1.807) is 3.71 Å². The number of thiol groups is 2. The number of hydrogen-bond acceptors (Lipinski definition) is 3. The predicted octanol–water partition coefficient (Wildman–Crippen LogP) is 2.17. The number of nitrogens with zero attached hydrogens (tertiary/aromatic N) is 1. The van der Waals surface area contributed by atoms with Gasteiger partial charge in [-0.05, 0) is 20.3 Å². The SMILES string of the molecule is CCC(C)(C)N(S)S. The molecule has 50 valence electrons. The Morgan fingerprint density at radius 3 is 1.75 bits per heavy atom. The van der Waals surface area contributed by atoms with Gasteiger partial charge in [0, 0.05) is 5.54 Å². The Labute approximate surface area is 62.5 Å². The van der Waals surface area contributed by atoms with Crippen LogP contribution in [0.25, 0.3) is 0 Å². The average molecular weight is 151 g/mol. The summed E-state index contributed by atoms with van der Waals surface area (Å²) in [6, 6.07) is 0. The van der Waals surface area contributed by atoms with E-state index in [9.17, 15) is 0 Å². The van der Waals surface area contributed by atoms with Crippen LogP contribution in [0, 0.1) is 0 Å². The largest absolute Gasteiger partial charge is 0.195 e. The van der Waals surface area contributed by atoms with Gasteiger partial charge in [-0.3, -0.25) is 0 Å². The molecule has 0 aliphatic rings. The second kappa shape index (κ2) is 2.99. The van der Waals surface area contributed by atoms with Crippen LogP contribution in [0.1, 0.15) is 27.2 Å². The smallest absolute Gasteiger partial charge is 0.0361 e. The molecule has 0 radical (unpaired) electrons. The molecule has 0 aliphatic carbocycles. The molecule has 0 saturated heterocycles.